The maximum absolute atomic E-state index is 8.12. The Bertz CT molecular complexity index is 1150. The first-order valence-corrected chi connectivity index (χ1v) is 12.8. The van der Waals surface area contributed by atoms with E-state index in [2.05, 4.69) is 90.8 Å². The van der Waals surface area contributed by atoms with Gasteiger partial charge in [-0.05, 0) is 53.3 Å². The predicted octanol–water partition coefficient (Wildman–Crippen LogP) is 4.33. The number of rotatable bonds is 8. The third-order valence-electron chi connectivity index (χ3n) is 7.11. The molecule has 0 saturated carbocycles. The molecule has 1 N–H and O–H groups in total. The molecule has 1 fully saturated rings. The Morgan fingerprint density at radius 3 is 2.16 bits per heavy atom. The largest absolute Gasteiger partial charge is 0.379 e. The van der Waals surface area contributed by atoms with Gasteiger partial charge in [-0.2, -0.15) is 19.2 Å². The number of carbonyl (C=O) groups excluding carboxylic acids is 4. The highest BCUT2D eigenvalue weighted by Crippen LogP contribution is 2.52. The minimum Gasteiger partial charge on any atom is -0.379 e. The molecule has 38 heavy (non-hydrogen) atoms. The van der Waals surface area contributed by atoms with Crippen molar-refractivity contribution in [3.63, 3.8) is 0 Å². The number of fused-ring (bicyclic) bond motifs is 2. The topological polar surface area (TPSA) is 102 Å². The standard InChI is InChI=1S/C28H34N2O2.2CO2/c1-3-24-25(4-2)28(15-14-26(24)32-28)27(29-23-8-6-5-7-9-23)22-12-10-21(11-13-22)20-30-16-18-31-19-17-30;2*2-1-3/h5-15,26-27,29H,3-4,16-20H2,1-2H3;;. The molecule has 200 valence electrons. The van der Waals surface area contributed by atoms with Gasteiger partial charge in [0.1, 0.15) is 5.60 Å². The average Bonchev–Trinajstić information content (AvgIpc) is 3.52. The molecule has 3 aliphatic rings. The second-order valence-corrected chi connectivity index (χ2v) is 9.14. The quantitative estimate of drug-likeness (QED) is 0.516. The first-order valence-electron chi connectivity index (χ1n) is 12.8. The van der Waals surface area contributed by atoms with Crippen molar-refractivity contribution in [3.8, 4) is 0 Å². The molecular weight excluding hydrogens is 484 g/mol. The van der Waals surface area contributed by atoms with Crippen LogP contribution in [0.2, 0.25) is 0 Å². The van der Waals surface area contributed by atoms with Crippen molar-refractivity contribution in [1.29, 1.82) is 0 Å². The van der Waals surface area contributed by atoms with Crippen LogP contribution in [-0.4, -0.2) is 55.2 Å². The van der Waals surface area contributed by atoms with Gasteiger partial charge in [0.15, 0.2) is 0 Å². The van der Waals surface area contributed by atoms with Crippen LogP contribution in [-0.2, 0) is 35.2 Å². The molecule has 2 aromatic carbocycles. The number of nitrogens with zero attached hydrogens (tertiary/aromatic N) is 1. The van der Waals surface area contributed by atoms with Crippen LogP contribution >= 0.6 is 0 Å². The van der Waals surface area contributed by atoms with E-state index in [1.807, 2.05) is 0 Å². The van der Waals surface area contributed by atoms with Crippen LogP contribution < -0.4 is 5.32 Å². The third-order valence-corrected chi connectivity index (χ3v) is 7.11. The van der Waals surface area contributed by atoms with Gasteiger partial charge in [0.2, 0.25) is 0 Å². The third kappa shape index (κ3) is 6.62. The van der Waals surface area contributed by atoms with Gasteiger partial charge in [0.25, 0.3) is 0 Å². The molecule has 1 saturated heterocycles. The van der Waals surface area contributed by atoms with Gasteiger partial charge < -0.3 is 14.8 Å². The number of morpholine rings is 1. The van der Waals surface area contributed by atoms with E-state index in [1.165, 1.54) is 22.3 Å². The minimum absolute atomic E-state index is 0.0163. The average molecular weight is 519 g/mol. The molecule has 3 atom stereocenters. The number of nitrogens with one attached hydrogen (secondary N) is 1. The zero-order chi connectivity index (χ0) is 27.4. The predicted molar refractivity (Wildman–Crippen MR) is 140 cm³/mol. The molecule has 8 nitrogen and oxygen atoms in total. The van der Waals surface area contributed by atoms with E-state index in [-0.39, 0.29) is 24.4 Å². The van der Waals surface area contributed by atoms with E-state index >= 15 is 0 Å². The highest BCUT2D eigenvalue weighted by Gasteiger charge is 2.52. The molecule has 3 unspecified atom stereocenters. The van der Waals surface area contributed by atoms with Crippen molar-refractivity contribution in [1.82, 2.24) is 4.90 Å². The summed E-state index contributed by atoms with van der Waals surface area (Å²) in [6.45, 7) is 9.16. The van der Waals surface area contributed by atoms with Gasteiger partial charge in [-0.15, -0.1) is 0 Å². The summed E-state index contributed by atoms with van der Waals surface area (Å²) in [4.78, 5) is 35.0. The molecule has 8 heteroatoms. The summed E-state index contributed by atoms with van der Waals surface area (Å²) in [6, 6.07) is 19.6. The molecule has 5 rings (SSSR count). The molecule has 0 aliphatic carbocycles. The molecule has 2 aromatic rings. The summed E-state index contributed by atoms with van der Waals surface area (Å²) in [5.74, 6) is 0. The fraction of sp³-hybridized carbons (Fsp3) is 0.400. The normalized spacial score (nSPS) is 22.3. The van der Waals surface area contributed by atoms with Crippen LogP contribution in [0.25, 0.3) is 0 Å². The molecule has 0 amide bonds. The summed E-state index contributed by atoms with van der Waals surface area (Å²) >= 11 is 0. The van der Waals surface area contributed by atoms with Crippen LogP contribution in [0.5, 0.6) is 0 Å². The summed E-state index contributed by atoms with van der Waals surface area (Å²) in [7, 11) is 0. The Kier molecular flexibility index (Phi) is 10.9. The number of anilines is 1. The van der Waals surface area contributed by atoms with E-state index in [4.69, 9.17) is 28.7 Å². The van der Waals surface area contributed by atoms with Crippen molar-refractivity contribution >= 4 is 18.0 Å². The highest BCUT2D eigenvalue weighted by atomic mass is 16.5. The lowest BCUT2D eigenvalue weighted by molar-refractivity contribution is -0.193. The monoisotopic (exact) mass is 518 g/mol. The number of ether oxygens (including phenoxy) is 2. The summed E-state index contributed by atoms with van der Waals surface area (Å²) in [5, 5.41) is 3.83. The fourth-order valence-corrected chi connectivity index (χ4v) is 5.53. The summed E-state index contributed by atoms with van der Waals surface area (Å²) < 4.78 is 12.2. The number of para-hydroxylation sites is 1. The van der Waals surface area contributed by atoms with Crippen LogP contribution in [0.4, 0.5) is 5.69 Å². The van der Waals surface area contributed by atoms with E-state index in [0.29, 0.717) is 0 Å². The lowest BCUT2D eigenvalue weighted by atomic mass is 9.77. The molecular formula is C30H34N2O6. The maximum Gasteiger partial charge on any atom is 0.373 e. The Balaban J connectivity index is 0.000000611. The Hall–Kier alpha value is -3.64. The van der Waals surface area contributed by atoms with Gasteiger partial charge in [-0.3, -0.25) is 4.90 Å². The summed E-state index contributed by atoms with van der Waals surface area (Å²) in [5.41, 5.74) is 6.20. The molecule has 0 spiro atoms. The maximum atomic E-state index is 8.12. The van der Waals surface area contributed by atoms with E-state index < -0.39 is 5.60 Å². The van der Waals surface area contributed by atoms with Crippen molar-refractivity contribution < 1.29 is 28.7 Å². The fourth-order valence-electron chi connectivity index (χ4n) is 5.53. The first-order chi connectivity index (χ1) is 18.6. The number of hydrogen-bond acceptors (Lipinski definition) is 8. The smallest absolute Gasteiger partial charge is 0.373 e. The molecule has 3 aliphatic heterocycles. The number of hydrogen-bond donors (Lipinski definition) is 1. The van der Waals surface area contributed by atoms with E-state index in [1.54, 1.807) is 0 Å². The first kappa shape index (κ1) is 28.9. The van der Waals surface area contributed by atoms with E-state index in [9.17, 15) is 0 Å². The van der Waals surface area contributed by atoms with Crippen LogP contribution in [0, 0.1) is 0 Å². The summed E-state index contributed by atoms with van der Waals surface area (Å²) in [6.07, 6.45) is 7.22. The van der Waals surface area contributed by atoms with E-state index in [0.717, 1.165) is 51.4 Å². The Morgan fingerprint density at radius 2 is 1.58 bits per heavy atom. The van der Waals surface area contributed by atoms with Crippen molar-refractivity contribution in [2.24, 2.45) is 0 Å². The molecule has 2 bridgehead atoms. The van der Waals surface area contributed by atoms with Crippen LogP contribution in [0.15, 0.2) is 77.9 Å². The van der Waals surface area contributed by atoms with Crippen molar-refractivity contribution in [3.05, 3.63) is 89.0 Å². The van der Waals surface area contributed by atoms with Gasteiger partial charge in [-0.25, -0.2) is 0 Å². The Morgan fingerprint density at radius 1 is 0.947 bits per heavy atom. The molecule has 0 radical (unpaired) electrons. The van der Waals surface area contributed by atoms with Gasteiger partial charge in [0.05, 0.1) is 25.4 Å². The SMILES string of the molecule is CCC1=C(CC)C2(C(Nc3ccccc3)c3ccc(CN4CCOCC4)cc3)C=CC1O2.O=C=O.O=C=O. The van der Waals surface area contributed by atoms with Gasteiger partial charge in [-0.1, -0.05) is 62.4 Å². The minimum atomic E-state index is -0.424. The highest BCUT2D eigenvalue weighted by molar-refractivity contribution is 5.54. The van der Waals surface area contributed by atoms with Crippen LogP contribution in [0.3, 0.4) is 0 Å². The zero-order valence-electron chi connectivity index (χ0n) is 21.9. The Labute approximate surface area is 223 Å². The lowest BCUT2D eigenvalue weighted by Crippen LogP contribution is -2.39. The second-order valence-electron chi connectivity index (χ2n) is 9.14. The molecule has 0 aromatic heterocycles. The second kappa shape index (κ2) is 14.3. The van der Waals surface area contributed by atoms with Crippen molar-refractivity contribution in [2.75, 3.05) is 31.6 Å². The lowest BCUT2D eigenvalue weighted by Gasteiger charge is -2.37. The van der Waals surface area contributed by atoms with Gasteiger partial charge >= 0.3 is 12.3 Å². The zero-order valence-corrected chi connectivity index (χ0v) is 21.9. The van der Waals surface area contributed by atoms with Crippen LogP contribution in [0.1, 0.15) is 43.9 Å². The molecule has 3 heterocycles. The number of benzene rings is 2. The van der Waals surface area contributed by atoms with Crippen molar-refractivity contribution in [2.45, 2.75) is 51.0 Å². The van der Waals surface area contributed by atoms with Gasteiger partial charge in [0, 0.05) is 25.3 Å².